The third-order valence-electron chi connectivity index (χ3n) is 4.94. The number of nitrogens with two attached hydrogens (primary N) is 1. The molecule has 6 heteroatoms. The second-order valence-electron chi connectivity index (χ2n) is 6.84. The summed E-state index contributed by atoms with van der Waals surface area (Å²) in [6, 6.07) is 19.5. The second kappa shape index (κ2) is 8.71. The first-order valence-corrected chi connectivity index (χ1v) is 10.1. The quantitative estimate of drug-likeness (QED) is 0.422. The Hall–Kier alpha value is -3.13. The van der Waals surface area contributed by atoms with Gasteiger partial charge in [-0.2, -0.15) is 0 Å². The first-order chi connectivity index (χ1) is 14.5. The zero-order valence-electron chi connectivity index (χ0n) is 15.9. The number of nitrogens with one attached hydrogen (secondary N) is 1. The van der Waals surface area contributed by atoms with E-state index in [1.807, 2.05) is 24.3 Å². The van der Waals surface area contributed by atoms with Gasteiger partial charge in [0.15, 0.2) is 0 Å². The van der Waals surface area contributed by atoms with Gasteiger partial charge >= 0.3 is 6.09 Å². The van der Waals surface area contributed by atoms with Crippen LogP contribution in [0.1, 0.15) is 22.6 Å². The zero-order valence-corrected chi connectivity index (χ0v) is 17.4. The van der Waals surface area contributed by atoms with Crippen LogP contribution < -0.4 is 11.1 Å². The molecule has 150 valence electrons. The molecule has 0 heterocycles. The van der Waals surface area contributed by atoms with Crippen LogP contribution in [-0.2, 0) is 4.74 Å². The highest BCUT2D eigenvalue weighted by atomic mass is 35.5. The summed E-state index contributed by atoms with van der Waals surface area (Å²) in [5.41, 5.74) is 11.3. The molecule has 4 rings (SSSR count). The monoisotopic (exact) mass is 436 g/mol. The molecule has 3 N–H and O–H groups in total. The minimum atomic E-state index is -0.527. The van der Waals surface area contributed by atoms with Crippen LogP contribution in [0.3, 0.4) is 0 Å². The first kappa shape index (κ1) is 20.2. The average molecular weight is 437 g/mol. The molecule has 0 saturated carbocycles. The van der Waals surface area contributed by atoms with Gasteiger partial charge in [0.05, 0.1) is 22.2 Å². The molecule has 1 aliphatic rings. The van der Waals surface area contributed by atoms with E-state index < -0.39 is 6.09 Å². The molecular weight excluding hydrogens is 419 g/mol. The Labute approximate surface area is 184 Å². The molecular formula is C24H18Cl2N2O2. The fourth-order valence-electron chi connectivity index (χ4n) is 3.61. The number of alkyl carbamates (subject to hydrolysis) is 1. The van der Waals surface area contributed by atoms with E-state index in [0.717, 1.165) is 0 Å². The summed E-state index contributed by atoms with van der Waals surface area (Å²) in [6.45, 7) is 0.358. The molecule has 3 aromatic rings. The van der Waals surface area contributed by atoms with Crippen molar-refractivity contribution < 1.29 is 9.53 Å². The van der Waals surface area contributed by atoms with Gasteiger partial charge in [0, 0.05) is 11.6 Å². The number of benzene rings is 3. The molecule has 0 spiro atoms. The fraction of sp³-hybridized carbons (Fsp3) is 0.125. The van der Waals surface area contributed by atoms with Crippen molar-refractivity contribution in [1.82, 2.24) is 5.32 Å². The predicted octanol–water partition coefficient (Wildman–Crippen LogP) is 5.47. The van der Waals surface area contributed by atoms with E-state index in [-0.39, 0.29) is 19.1 Å². The zero-order chi connectivity index (χ0) is 21.1. The van der Waals surface area contributed by atoms with Gasteiger partial charge in [-0.3, -0.25) is 0 Å². The van der Waals surface area contributed by atoms with Crippen LogP contribution in [0, 0.1) is 11.8 Å². The van der Waals surface area contributed by atoms with Crippen LogP contribution in [0.15, 0.2) is 60.7 Å². The van der Waals surface area contributed by atoms with Crippen molar-refractivity contribution in [2.75, 3.05) is 18.9 Å². The van der Waals surface area contributed by atoms with Crippen molar-refractivity contribution in [3.63, 3.8) is 0 Å². The van der Waals surface area contributed by atoms with E-state index in [2.05, 4.69) is 41.4 Å². The molecule has 0 atom stereocenters. The summed E-state index contributed by atoms with van der Waals surface area (Å²) in [4.78, 5) is 12.1. The SMILES string of the molecule is Nc1cc(Cl)c(C#CCNC(=O)OCC2c3ccccc3-c3ccccc32)c(Cl)c1. The fourth-order valence-corrected chi connectivity index (χ4v) is 4.21. The lowest BCUT2D eigenvalue weighted by molar-refractivity contribution is 0.144. The summed E-state index contributed by atoms with van der Waals surface area (Å²) < 4.78 is 5.47. The second-order valence-corrected chi connectivity index (χ2v) is 7.65. The van der Waals surface area contributed by atoms with Crippen molar-refractivity contribution in [3.05, 3.63) is 87.4 Å². The van der Waals surface area contributed by atoms with Gasteiger partial charge in [0.1, 0.15) is 6.61 Å². The van der Waals surface area contributed by atoms with Crippen molar-refractivity contribution in [2.24, 2.45) is 0 Å². The third-order valence-corrected chi connectivity index (χ3v) is 5.54. The van der Waals surface area contributed by atoms with Crippen LogP contribution in [0.5, 0.6) is 0 Å². The van der Waals surface area contributed by atoms with Crippen LogP contribution in [0.2, 0.25) is 10.0 Å². The maximum atomic E-state index is 12.1. The molecule has 30 heavy (non-hydrogen) atoms. The third kappa shape index (κ3) is 4.09. The minimum absolute atomic E-state index is 0.0154. The number of hydrogen-bond donors (Lipinski definition) is 2. The molecule has 4 nitrogen and oxygen atoms in total. The maximum Gasteiger partial charge on any atom is 0.407 e. The average Bonchev–Trinajstić information content (AvgIpc) is 3.05. The molecule has 1 amide bonds. The lowest BCUT2D eigenvalue weighted by Gasteiger charge is -2.14. The Kier molecular flexibility index (Phi) is 5.85. The van der Waals surface area contributed by atoms with Crippen LogP contribution in [0.4, 0.5) is 10.5 Å². The van der Waals surface area contributed by atoms with Crippen molar-refractivity contribution in [1.29, 1.82) is 0 Å². The molecule has 0 aromatic heterocycles. The van der Waals surface area contributed by atoms with Gasteiger partial charge in [-0.25, -0.2) is 4.79 Å². The van der Waals surface area contributed by atoms with E-state index in [0.29, 0.717) is 21.3 Å². The van der Waals surface area contributed by atoms with E-state index in [1.165, 1.54) is 22.3 Å². The van der Waals surface area contributed by atoms with Crippen LogP contribution in [0.25, 0.3) is 11.1 Å². The van der Waals surface area contributed by atoms with E-state index in [9.17, 15) is 4.79 Å². The highest BCUT2D eigenvalue weighted by Gasteiger charge is 2.28. The van der Waals surface area contributed by atoms with Gasteiger partial charge < -0.3 is 15.8 Å². The lowest BCUT2D eigenvalue weighted by Crippen LogP contribution is -2.26. The molecule has 0 unspecified atom stereocenters. The summed E-state index contributed by atoms with van der Waals surface area (Å²) in [5.74, 6) is 5.68. The molecule has 3 aromatic carbocycles. The summed E-state index contributed by atoms with van der Waals surface area (Å²) in [6.07, 6.45) is -0.527. The summed E-state index contributed by atoms with van der Waals surface area (Å²) in [5, 5.41) is 3.37. The highest BCUT2D eigenvalue weighted by molar-refractivity contribution is 6.37. The molecule has 0 aliphatic heterocycles. The molecule has 0 bridgehead atoms. The number of carbonyl (C=O) groups is 1. The van der Waals surface area contributed by atoms with Crippen molar-refractivity contribution in [3.8, 4) is 23.0 Å². The normalized spacial score (nSPS) is 11.8. The largest absolute Gasteiger partial charge is 0.449 e. The number of halogens is 2. The van der Waals surface area contributed by atoms with Gasteiger partial charge in [0.25, 0.3) is 0 Å². The number of carbonyl (C=O) groups excluding carboxylic acids is 1. The molecule has 0 fully saturated rings. The summed E-state index contributed by atoms with van der Waals surface area (Å²) in [7, 11) is 0. The van der Waals surface area contributed by atoms with Gasteiger partial charge in [-0.15, -0.1) is 0 Å². The Morgan fingerprint density at radius 2 is 1.57 bits per heavy atom. The topological polar surface area (TPSA) is 64.3 Å². The number of hydrogen-bond acceptors (Lipinski definition) is 3. The van der Waals surface area contributed by atoms with Gasteiger partial charge in [-0.05, 0) is 34.4 Å². The Morgan fingerprint density at radius 3 is 2.17 bits per heavy atom. The Bertz CT molecular complexity index is 1110. The van der Waals surface area contributed by atoms with E-state index in [1.54, 1.807) is 12.1 Å². The number of amides is 1. The number of ether oxygens (including phenoxy) is 1. The van der Waals surface area contributed by atoms with Crippen molar-refractivity contribution >= 4 is 35.0 Å². The minimum Gasteiger partial charge on any atom is -0.449 e. The number of fused-ring (bicyclic) bond motifs is 3. The smallest absolute Gasteiger partial charge is 0.407 e. The standard InChI is InChI=1S/C24H18Cl2N2O2/c25-22-12-15(27)13-23(26)20(22)10-5-11-28-24(29)30-14-21-18-8-3-1-6-16(18)17-7-2-4-9-19(17)21/h1-4,6-9,12-13,21H,11,14,27H2,(H,28,29). The number of nitrogen functional groups attached to an aromatic ring is 1. The highest BCUT2D eigenvalue weighted by Crippen LogP contribution is 2.44. The first-order valence-electron chi connectivity index (χ1n) is 9.37. The van der Waals surface area contributed by atoms with E-state index >= 15 is 0 Å². The van der Waals surface area contributed by atoms with Gasteiger partial charge in [-0.1, -0.05) is 83.6 Å². The number of rotatable bonds is 3. The van der Waals surface area contributed by atoms with Crippen LogP contribution in [-0.4, -0.2) is 19.2 Å². The maximum absolute atomic E-state index is 12.1. The Morgan fingerprint density at radius 1 is 1.00 bits per heavy atom. The Balaban J connectivity index is 1.37. The van der Waals surface area contributed by atoms with Gasteiger partial charge in [0.2, 0.25) is 0 Å². The van der Waals surface area contributed by atoms with E-state index in [4.69, 9.17) is 33.7 Å². The molecule has 0 radical (unpaired) electrons. The lowest BCUT2D eigenvalue weighted by atomic mass is 9.98. The predicted molar refractivity (Wildman–Crippen MR) is 121 cm³/mol. The van der Waals surface area contributed by atoms with Crippen molar-refractivity contribution in [2.45, 2.75) is 5.92 Å². The number of anilines is 1. The summed E-state index contributed by atoms with van der Waals surface area (Å²) >= 11 is 12.2. The molecule has 0 saturated heterocycles. The molecule has 1 aliphatic carbocycles. The van der Waals surface area contributed by atoms with Crippen LogP contribution >= 0.6 is 23.2 Å².